The second-order valence-corrected chi connectivity index (χ2v) is 14.6. The molecule has 0 amide bonds. The van der Waals surface area contributed by atoms with Gasteiger partial charge in [-0.15, -0.1) is 0 Å². The summed E-state index contributed by atoms with van der Waals surface area (Å²) in [6, 6.07) is 1.41. The van der Waals surface area contributed by atoms with Crippen LogP contribution in [0.1, 0.15) is 40.0 Å². The van der Waals surface area contributed by atoms with Crippen molar-refractivity contribution >= 4 is 29.9 Å². The van der Waals surface area contributed by atoms with Crippen LogP contribution in [-0.2, 0) is 4.43 Å². The number of halogens is 1. The van der Waals surface area contributed by atoms with Crippen LogP contribution < -0.4 is 4.74 Å². The van der Waals surface area contributed by atoms with E-state index < -0.39 is 13.2 Å². The molecule has 0 aliphatic carbocycles. The molecule has 1 atom stereocenters. The summed E-state index contributed by atoms with van der Waals surface area (Å²) >= 11 is 3.20. The van der Waals surface area contributed by atoms with Crippen molar-refractivity contribution in [2.75, 3.05) is 26.2 Å². The number of rotatable bonds is 8. The molecule has 0 radical (unpaired) electrons. The van der Waals surface area contributed by atoms with E-state index in [1.54, 1.807) is 0 Å². The van der Waals surface area contributed by atoms with Crippen LogP contribution >= 0.6 is 15.9 Å². The van der Waals surface area contributed by atoms with Gasteiger partial charge in [0.2, 0.25) is 0 Å². The molecule has 1 aliphatic rings. The predicted octanol–water partition coefficient (Wildman–Crippen LogP) is 5.01. The fraction of sp³-hybridized carbons (Fsp3) is 0.737. The molecule has 0 spiro atoms. The predicted molar refractivity (Wildman–Crippen MR) is 116 cm³/mol. The Morgan fingerprint density at radius 1 is 1.43 bits per heavy atom. The first kappa shape index (κ1) is 23.2. The first-order valence-corrected chi connectivity index (χ1v) is 13.5. The summed E-state index contributed by atoms with van der Waals surface area (Å²) in [6.07, 6.45) is 4.86. The summed E-state index contributed by atoms with van der Waals surface area (Å²) in [6.45, 7) is 14.7. The topological polar surface area (TPSA) is 77.7 Å². The minimum absolute atomic E-state index is 0.0750. The van der Waals surface area contributed by atoms with Crippen LogP contribution in [0.25, 0.3) is 0 Å². The molecule has 7 nitrogen and oxygen atoms in total. The Kier molecular flexibility index (Phi) is 8.01. The summed E-state index contributed by atoms with van der Waals surface area (Å²) in [5.74, 6) is 0.0750. The van der Waals surface area contributed by atoms with E-state index in [1.807, 2.05) is 0 Å². The highest BCUT2D eigenvalue weighted by molar-refractivity contribution is 9.10. The molecule has 158 valence electrons. The van der Waals surface area contributed by atoms with E-state index in [0.717, 1.165) is 38.9 Å². The van der Waals surface area contributed by atoms with Gasteiger partial charge >= 0.3 is 5.69 Å². The smallest absolute Gasteiger partial charge is 0.332 e. The van der Waals surface area contributed by atoms with Gasteiger partial charge in [0.05, 0.1) is 17.6 Å². The Labute approximate surface area is 177 Å². The highest BCUT2D eigenvalue weighted by atomic mass is 79.9. The van der Waals surface area contributed by atoms with Gasteiger partial charge in [-0.25, -0.2) is 4.98 Å². The third-order valence-corrected chi connectivity index (χ3v) is 10.6. The molecular weight excluding hydrogens is 442 g/mol. The lowest BCUT2D eigenvalue weighted by Gasteiger charge is -2.42. The molecule has 1 aliphatic heterocycles. The van der Waals surface area contributed by atoms with Gasteiger partial charge in [0, 0.05) is 29.8 Å². The molecule has 0 N–H and O–H groups in total. The highest BCUT2D eigenvalue weighted by Gasteiger charge is 2.39. The Morgan fingerprint density at radius 3 is 2.79 bits per heavy atom. The van der Waals surface area contributed by atoms with E-state index in [-0.39, 0.29) is 16.6 Å². The first-order chi connectivity index (χ1) is 13.0. The molecule has 1 unspecified atom stereocenters. The van der Waals surface area contributed by atoms with Gasteiger partial charge in [0.15, 0.2) is 8.32 Å². The van der Waals surface area contributed by atoms with Gasteiger partial charge in [0.1, 0.15) is 0 Å². The molecule has 2 rings (SSSR count). The maximum absolute atomic E-state index is 11.1. The summed E-state index contributed by atoms with van der Waals surface area (Å²) in [5.41, 5.74) is -0.116. The zero-order valence-corrected chi connectivity index (χ0v) is 20.1. The van der Waals surface area contributed by atoms with Gasteiger partial charge in [0.25, 0.3) is 5.88 Å². The Bertz CT molecular complexity index is 682. The third-order valence-electron chi connectivity index (χ3n) is 5.58. The number of hydrogen-bond acceptors (Lipinski definition) is 6. The quantitative estimate of drug-likeness (QED) is 0.228. The van der Waals surface area contributed by atoms with E-state index >= 15 is 0 Å². The van der Waals surface area contributed by atoms with E-state index in [1.165, 1.54) is 12.3 Å². The van der Waals surface area contributed by atoms with E-state index in [9.17, 15) is 10.1 Å². The van der Waals surface area contributed by atoms with E-state index in [4.69, 9.17) is 9.16 Å². The van der Waals surface area contributed by atoms with Gasteiger partial charge in [-0.05, 0) is 59.9 Å². The summed E-state index contributed by atoms with van der Waals surface area (Å²) < 4.78 is 12.7. The van der Waals surface area contributed by atoms with Crippen LogP contribution in [0.2, 0.25) is 18.1 Å². The fourth-order valence-corrected chi connectivity index (χ4v) is 4.72. The fourth-order valence-electron chi connectivity index (χ4n) is 3.02. The van der Waals surface area contributed by atoms with Crippen molar-refractivity contribution < 1.29 is 14.1 Å². The van der Waals surface area contributed by atoms with Crippen LogP contribution in [0.15, 0.2) is 16.7 Å². The maximum atomic E-state index is 11.1. The standard InChI is InChI=1S/C19H32BrN3O4Si/c1-19(2,3)28(4,5)27-16-8-6-9-22(14-16)10-7-11-26-18-17(23(24)25)12-15(20)13-21-18/h12-13,16H,6-11,14H2,1-5H3. The largest absolute Gasteiger partial charge is 0.473 e. The van der Waals surface area contributed by atoms with Gasteiger partial charge in [-0.3, -0.25) is 10.1 Å². The maximum Gasteiger partial charge on any atom is 0.332 e. The molecule has 0 bridgehead atoms. The normalized spacial score (nSPS) is 18.9. The molecular formula is C19H32BrN3O4Si. The highest BCUT2D eigenvalue weighted by Crippen LogP contribution is 2.38. The Balaban J connectivity index is 1.80. The van der Waals surface area contributed by atoms with Crippen LogP contribution in [-0.4, -0.2) is 55.5 Å². The van der Waals surface area contributed by atoms with Gasteiger partial charge in [-0.2, -0.15) is 0 Å². The van der Waals surface area contributed by atoms with Crippen molar-refractivity contribution in [1.82, 2.24) is 9.88 Å². The number of hydrogen-bond donors (Lipinski definition) is 0. The number of piperidine rings is 1. The lowest BCUT2D eigenvalue weighted by molar-refractivity contribution is -0.386. The van der Waals surface area contributed by atoms with Gasteiger partial charge < -0.3 is 14.1 Å². The lowest BCUT2D eigenvalue weighted by atomic mass is 10.1. The lowest BCUT2D eigenvalue weighted by Crippen LogP contribution is -2.49. The number of nitro groups is 1. The van der Waals surface area contributed by atoms with Crippen molar-refractivity contribution in [2.45, 2.75) is 64.3 Å². The van der Waals surface area contributed by atoms with Crippen molar-refractivity contribution in [2.24, 2.45) is 0 Å². The van der Waals surface area contributed by atoms with E-state index in [2.05, 4.69) is 59.7 Å². The average Bonchev–Trinajstić information content (AvgIpc) is 2.58. The Morgan fingerprint density at radius 2 is 2.14 bits per heavy atom. The summed E-state index contributed by atoms with van der Waals surface area (Å²) in [7, 11) is -1.75. The van der Waals surface area contributed by atoms with Crippen LogP contribution in [0.3, 0.4) is 0 Å². The van der Waals surface area contributed by atoms with Gasteiger partial charge in [-0.1, -0.05) is 20.8 Å². The van der Waals surface area contributed by atoms with Crippen molar-refractivity contribution in [3.8, 4) is 5.88 Å². The average molecular weight is 474 g/mol. The third kappa shape index (κ3) is 6.50. The molecule has 1 fully saturated rings. The Hall–Kier alpha value is -1.03. The molecule has 0 aromatic carbocycles. The number of pyridine rings is 1. The number of ether oxygens (including phenoxy) is 1. The number of likely N-dealkylation sites (tertiary alicyclic amines) is 1. The van der Waals surface area contributed by atoms with Crippen LogP contribution in [0.5, 0.6) is 5.88 Å². The number of aromatic nitrogens is 1. The zero-order chi connectivity index (χ0) is 20.9. The van der Waals surface area contributed by atoms with Crippen molar-refractivity contribution in [1.29, 1.82) is 0 Å². The molecule has 2 heterocycles. The summed E-state index contributed by atoms with van der Waals surface area (Å²) in [5, 5.41) is 11.3. The minimum atomic E-state index is -1.75. The zero-order valence-electron chi connectivity index (χ0n) is 17.5. The molecule has 9 heteroatoms. The second-order valence-electron chi connectivity index (χ2n) is 8.88. The molecule has 1 aromatic rings. The van der Waals surface area contributed by atoms with Crippen LogP contribution in [0, 0.1) is 10.1 Å². The molecule has 28 heavy (non-hydrogen) atoms. The molecule has 1 saturated heterocycles. The van der Waals surface area contributed by atoms with Crippen molar-refractivity contribution in [3.63, 3.8) is 0 Å². The number of nitrogens with zero attached hydrogens (tertiary/aromatic N) is 3. The summed E-state index contributed by atoms with van der Waals surface area (Å²) in [4.78, 5) is 17.1. The monoisotopic (exact) mass is 473 g/mol. The molecule has 0 saturated carbocycles. The van der Waals surface area contributed by atoms with E-state index in [0.29, 0.717) is 17.2 Å². The molecule has 1 aromatic heterocycles. The first-order valence-electron chi connectivity index (χ1n) is 9.82. The van der Waals surface area contributed by atoms with Crippen LogP contribution in [0.4, 0.5) is 5.69 Å². The second kappa shape index (κ2) is 9.64. The SMILES string of the molecule is CC(C)(C)[Si](C)(C)OC1CCCN(CCCOc2ncc(Br)cc2[N+](=O)[O-])C1. The van der Waals surface area contributed by atoms with Crippen molar-refractivity contribution in [3.05, 3.63) is 26.9 Å². The minimum Gasteiger partial charge on any atom is -0.473 e.